The van der Waals surface area contributed by atoms with Crippen LogP contribution in [0.4, 0.5) is 0 Å². The molecular weight excluding hydrogens is 326 g/mol. The van der Waals surface area contributed by atoms with Crippen LogP contribution in [0.15, 0.2) is 71.7 Å². The van der Waals surface area contributed by atoms with E-state index >= 15 is 0 Å². The van der Waals surface area contributed by atoms with Crippen molar-refractivity contribution in [2.75, 3.05) is 7.11 Å². The second kappa shape index (κ2) is 6.44. The van der Waals surface area contributed by atoms with Gasteiger partial charge in [-0.1, -0.05) is 30.3 Å². The van der Waals surface area contributed by atoms with Crippen LogP contribution < -0.4 is 10.3 Å². The first kappa shape index (κ1) is 16.0. The Hall–Kier alpha value is -3.47. The Balaban J connectivity index is 2.06. The van der Waals surface area contributed by atoms with Gasteiger partial charge in [-0.3, -0.25) is 9.36 Å². The van der Waals surface area contributed by atoms with E-state index in [0.29, 0.717) is 22.6 Å². The molecule has 2 heterocycles. The number of nitrogens with zero attached hydrogens (tertiary/aromatic N) is 3. The van der Waals surface area contributed by atoms with E-state index in [4.69, 9.17) is 4.74 Å². The van der Waals surface area contributed by atoms with Gasteiger partial charge in [0.2, 0.25) is 5.88 Å². The Labute approximate surface area is 150 Å². The third-order valence-electron chi connectivity index (χ3n) is 4.33. The van der Waals surface area contributed by atoms with Crippen molar-refractivity contribution < 1.29 is 4.74 Å². The SMILES string of the molecule is COc1cc(-c2cccc3nc(C)n(-c4ccccc4)c(=O)c23)ccn1. The predicted octanol–water partition coefficient (Wildman–Crippen LogP) is 3.76. The first-order valence-electron chi connectivity index (χ1n) is 8.27. The van der Waals surface area contributed by atoms with Gasteiger partial charge in [-0.2, -0.15) is 0 Å². The third-order valence-corrected chi connectivity index (χ3v) is 4.33. The molecule has 0 aliphatic heterocycles. The second-order valence-electron chi connectivity index (χ2n) is 5.92. The lowest BCUT2D eigenvalue weighted by atomic mass is 10.0. The van der Waals surface area contributed by atoms with Gasteiger partial charge >= 0.3 is 0 Å². The molecule has 0 radical (unpaired) electrons. The van der Waals surface area contributed by atoms with Crippen LogP contribution in [0.5, 0.6) is 5.88 Å². The molecule has 0 saturated heterocycles. The van der Waals surface area contributed by atoms with Crippen LogP contribution >= 0.6 is 0 Å². The highest BCUT2D eigenvalue weighted by atomic mass is 16.5. The molecule has 4 rings (SSSR count). The number of hydrogen-bond acceptors (Lipinski definition) is 4. The van der Waals surface area contributed by atoms with Crippen LogP contribution in [0.25, 0.3) is 27.7 Å². The first-order valence-corrected chi connectivity index (χ1v) is 8.27. The zero-order valence-electron chi connectivity index (χ0n) is 14.5. The quantitative estimate of drug-likeness (QED) is 0.568. The zero-order chi connectivity index (χ0) is 18.1. The molecule has 2 aromatic carbocycles. The first-order chi connectivity index (χ1) is 12.7. The fraction of sp³-hybridized carbons (Fsp3) is 0.0952. The molecule has 2 aromatic heterocycles. The van der Waals surface area contributed by atoms with Gasteiger partial charge in [0.25, 0.3) is 5.56 Å². The number of para-hydroxylation sites is 1. The van der Waals surface area contributed by atoms with E-state index in [1.807, 2.05) is 67.6 Å². The second-order valence-corrected chi connectivity index (χ2v) is 5.92. The molecule has 0 atom stereocenters. The summed E-state index contributed by atoms with van der Waals surface area (Å²) < 4.78 is 6.86. The molecule has 5 heteroatoms. The average molecular weight is 343 g/mol. The maximum Gasteiger partial charge on any atom is 0.266 e. The van der Waals surface area contributed by atoms with Gasteiger partial charge in [0.1, 0.15) is 5.82 Å². The molecule has 0 amide bonds. The Morgan fingerprint density at radius 2 is 1.81 bits per heavy atom. The van der Waals surface area contributed by atoms with Gasteiger partial charge in [0.05, 0.1) is 23.7 Å². The molecule has 4 aromatic rings. The lowest BCUT2D eigenvalue weighted by Crippen LogP contribution is -2.22. The van der Waals surface area contributed by atoms with Gasteiger partial charge < -0.3 is 4.74 Å². The minimum absolute atomic E-state index is 0.0925. The number of methoxy groups -OCH3 is 1. The number of hydrogen-bond donors (Lipinski definition) is 0. The number of fused-ring (bicyclic) bond motifs is 1. The average Bonchev–Trinajstić information content (AvgIpc) is 2.68. The Bertz CT molecular complexity index is 1150. The lowest BCUT2D eigenvalue weighted by molar-refractivity contribution is 0.398. The Kier molecular flexibility index (Phi) is 3.97. The minimum atomic E-state index is -0.0925. The van der Waals surface area contributed by atoms with E-state index in [1.54, 1.807) is 17.9 Å². The third kappa shape index (κ3) is 2.63. The molecule has 0 saturated carbocycles. The minimum Gasteiger partial charge on any atom is -0.481 e. The molecule has 0 bridgehead atoms. The molecule has 5 nitrogen and oxygen atoms in total. The van der Waals surface area contributed by atoms with Crippen molar-refractivity contribution in [2.24, 2.45) is 0 Å². The summed E-state index contributed by atoms with van der Waals surface area (Å²) in [5.74, 6) is 1.15. The summed E-state index contributed by atoms with van der Waals surface area (Å²) in [7, 11) is 1.57. The fourth-order valence-corrected chi connectivity index (χ4v) is 3.15. The highest BCUT2D eigenvalue weighted by Crippen LogP contribution is 2.27. The van der Waals surface area contributed by atoms with Crippen LogP contribution in [-0.2, 0) is 0 Å². The number of rotatable bonds is 3. The molecule has 0 fully saturated rings. The van der Waals surface area contributed by atoms with Crippen molar-refractivity contribution in [3.63, 3.8) is 0 Å². The molecule has 0 aliphatic rings. The molecule has 0 N–H and O–H groups in total. The highest BCUT2D eigenvalue weighted by molar-refractivity contribution is 5.94. The molecule has 0 spiro atoms. The summed E-state index contributed by atoms with van der Waals surface area (Å²) in [4.78, 5) is 22.2. The van der Waals surface area contributed by atoms with E-state index in [1.165, 1.54) is 0 Å². The maximum atomic E-state index is 13.4. The van der Waals surface area contributed by atoms with Crippen molar-refractivity contribution in [2.45, 2.75) is 6.92 Å². The van der Waals surface area contributed by atoms with Gasteiger partial charge in [-0.05, 0) is 42.3 Å². The van der Waals surface area contributed by atoms with Crippen molar-refractivity contribution in [1.29, 1.82) is 0 Å². The summed E-state index contributed by atoms with van der Waals surface area (Å²) in [6.45, 7) is 1.84. The van der Waals surface area contributed by atoms with Gasteiger partial charge in [-0.15, -0.1) is 0 Å². The van der Waals surface area contributed by atoms with Crippen molar-refractivity contribution in [3.05, 3.63) is 83.0 Å². The summed E-state index contributed by atoms with van der Waals surface area (Å²) in [6, 6.07) is 18.9. The van der Waals surface area contributed by atoms with Gasteiger partial charge in [0, 0.05) is 12.3 Å². The monoisotopic (exact) mass is 343 g/mol. The summed E-state index contributed by atoms with van der Waals surface area (Å²) in [6.07, 6.45) is 1.67. The maximum absolute atomic E-state index is 13.4. The summed E-state index contributed by atoms with van der Waals surface area (Å²) in [5, 5.41) is 0.579. The molecule has 128 valence electrons. The van der Waals surface area contributed by atoms with Crippen molar-refractivity contribution in [1.82, 2.24) is 14.5 Å². The topological polar surface area (TPSA) is 57.0 Å². The molecule has 0 aliphatic carbocycles. The summed E-state index contributed by atoms with van der Waals surface area (Å²) >= 11 is 0. The normalized spacial score (nSPS) is 10.8. The standard InChI is InChI=1S/C21H17N3O2/c1-14-23-18-10-6-9-17(15-11-12-22-19(13-15)26-2)20(18)21(25)24(14)16-7-4-3-5-8-16/h3-13H,1-2H3. The number of aryl methyl sites for hydroxylation is 1. The van der Waals surface area contributed by atoms with Crippen molar-refractivity contribution in [3.8, 4) is 22.7 Å². The van der Waals surface area contributed by atoms with Gasteiger partial charge in [-0.25, -0.2) is 9.97 Å². The number of benzene rings is 2. The molecule has 0 unspecified atom stereocenters. The molecular formula is C21H17N3O2. The number of pyridine rings is 1. The van der Waals surface area contributed by atoms with Crippen LogP contribution in [0, 0.1) is 6.92 Å². The largest absolute Gasteiger partial charge is 0.481 e. The van der Waals surface area contributed by atoms with Gasteiger partial charge in [0.15, 0.2) is 0 Å². The van der Waals surface area contributed by atoms with E-state index in [0.717, 1.165) is 16.8 Å². The lowest BCUT2D eigenvalue weighted by Gasteiger charge is -2.13. The fourth-order valence-electron chi connectivity index (χ4n) is 3.15. The predicted molar refractivity (Wildman–Crippen MR) is 102 cm³/mol. The van der Waals surface area contributed by atoms with Crippen LogP contribution in [0.1, 0.15) is 5.82 Å². The van der Waals surface area contributed by atoms with Crippen molar-refractivity contribution >= 4 is 10.9 Å². The summed E-state index contributed by atoms with van der Waals surface area (Å²) in [5.41, 5.74) is 3.06. The number of ether oxygens (including phenoxy) is 1. The number of aromatic nitrogens is 3. The van der Waals surface area contributed by atoms with Crippen LogP contribution in [0.2, 0.25) is 0 Å². The van der Waals surface area contributed by atoms with E-state index in [-0.39, 0.29) is 5.56 Å². The van der Waals surface area contributed by atoms with E-state index < -0.39 is 0 Å². The zero-order valence-corrected chi connectivity index (χ0v) is 14.5. The Morgan fingerprint density at radius 1 is 1.00 bits per heavy atom. The van der Waals surface area contributed by atoms with E-state index in [9.17, 15) is 4.79 Å². The molecule has 26 heavy (non-hydrogen) atoms. The van der Waals surface area contributed by atoms with Crippen LogP contribution in [0.3, 0.4) is 0 Å². The van der Waals surface area contributed by atoms with Crippen LogP contribution in [-0.4, -0.2) is 21.6 Å². The Morgan fingerprint density at radius 3 is 2.58 bits per heavy atom. The highest BCUT2D eigenvalue weighted by Gasteiger charge is 2.14. The van der Waals surface area contributed by atoms with E-state index in [2.05, 4.69) is 9.97 Å². The smallest absolute Gasteiger partial charge is 0.266 e.